The molecule has 7 heteroatoms. The van der Waals surface area contributed by atoms with Crippen molar-refractivity contribution in [2.45, 2.75) is 13.8 Å². The zero-order valence-electron chi connectivity index (χ0n) is 11.7. The smallest absolute Gasteiger partial charge is 0.340 e. The Hall–Kier alpha value is -1.92. The van der Waals surface area contributed by atoms with E-state index in [1.165, 1.54) is 11.9 Å². The fourth-order valence-corrected chi connectivity index (χ4v) is 2.97. The fraction of sp³-hybridized carbons (Fsp3) is 0.214. The van der Waals surface area contributed by atoms with Gasteiger partial charge in [0, 0.05) is 7.05 Å². The lowest BCUT2D eigenvalue weighted by Crippen LogP contribution is -2.27. The van der Waals surface area contributed by atoms with Crippen LogP contribution in [0.25, 0.3) is 0 Å². The molecule has 21 heavy (non-hydrogen) atoms. The first-order valence-electron chi connectivity index (χ1n) is 6.07. The van der Waals surface area contributed by atoms with Crippen LogP contribution in [0.1, 0.15) is 32.0 Å². The Morgan fingerprint density at radius 1 is 1.33 bits per heavy atom. The van der Waals surface area contributed by atoms with Crippen molar-refractivity contribution in [2.24, 2.45) is 0 Å². The summed E-state index contributed by atoms with van der Waals surface area (Å²) in [5, 5.41) is 9.90. The van der Waals surface area contributed by atoms with E-state index in [0.29, 0.717) is 21.3 Å². The van der Waals surface area contributed by atoms with Gasteiger partial charge in [0.1, 0.15) is 10.6 Å². The third-order valence-electron chi connectivity index (χ3n) is 3.09. The van der Waals surface area contributed by atoms with E-state index in [4.69, 9.17) is 11.6 Å². The number of carboxylic acid groups (broad SMARTS) is 1. The van der Waals surface area contributed by atoms with Crippen molar-refractivity contribution in [3.05, 3.63) is 45.6 Å². The summed E-state index contributed by atoms with van der Waals surface area (Å²) in [4.78, 5) is 25.1. The Morgan fingerprint density at radius 3 is 2.62 bits per heavy atom. The summed E-state index contributed by atoms with van der Waals surface area (Å²) in [6.45, 7) is 3.40. The number of hydrogen-bond donors (Lipinski definition) is 1. The third kappa shape index (κ3) is 2.77. The first-order valence-corrected chi connectivity index (χ1v) is 7.22. The predicted octanol–water partition coefficient (Wildman–Crippen LogP) is 3.39. The van der Waals surface area contributed by atoms with E-state index in [0.717, 1.165) is 17.1 Å². The first kappa shape index (κ1) is 15.5. The molecule has 0 aliphatic heterocycles. The molecule has 2 rings (SSSR count). The van der Waals surface area contributed by atoms with Crippen LogP contribution in [0.5, 0.6) is 0 Å². The highest BCUT2D eigenvalue weighted by Gasteiger charge is 2.25. The number of rotatable bonds is 3. The van der Waals surface area contributed by atoms with Crippen LogP contribution in [0.15, 0.2) is 18.2 Å². The van der Waals surface area contributed by atoms with Crippen molar-refractivity contribution >= 4 is 40.0 Å². The lowest BCUT2D eigenvalue weighted by atomic mass is 10.1. The Bertz CT molecular complexity index is 727. The summed E-state index contributed by atoms with van der Waals surface area (Å²) >= 11 is 7.13. The SMILES string of the molecule is Cc1cccc(C(=O)N(C)c2snc(C)c2C(=O)O)c1Cl. The first-order chi connectivity index (χ1) is 9.84. The normalized spacial score (nSPS) is 10.5. The second-order valence-electron chi connectivity index (χ2n) is 4.55. The second kappa shape index (κ2) is 5.83. The zero-order chi connectivity index (χ0) is 15.7. The molecule has 0 bridgehead atoms. The molecule has 2 aromatic rings. The molecule has 110 valence electrons. The molecule has 0 aliphatic rings. The number of hydrogen-bond acceptors (Lipinski definition) is 4. The average molecular weight is 325 g/mol. The highest BCUT2D eigenvalue weighted by molar-refractivity contribution is 7.11. The number of carbonyl (C=O) groups is 2. The van der Waals surface area contributed by atoms with E-state index in [9.17, 15) is 14.7 Å². The summed E-state index contributed by atoms with van der Waals surface area (Å²) in [7, 11) is 1.51. The van der Waals surface area contributed by atoms with Crippen LogP contribution in [-0.4, -0.2) is 28.4 Å². The molecule has 0 atom stereocenters. The monoisotopic (exact) mass is 324 g/mol. The van der Waals surface area contributed by atoms with Gasteiger partial charge in [0.2, 0.25) is 0 Å². The molecular formula is C14H13ClN2O3S. The van der Waals surface area contributed by atoms with Gasteiger partial charge in [-0.25, -0.2) is 4.79 Å². The Balaban J connectivity index is 2.45. The third-order valence-corrected chi connectivity index (χ3v) is 4.61. The number of amides is 1. The van der Waals surface area contributed by atoms with Crippen LogP contribution in [-0.2, 0) is 0 Å². The highest BCUT2D eigenvalue weighted by Crippen LogP contribution is 2.30. The van der Waals surface area contributed by atoms with Crippen LogP contribution in [0.4, 0.5) is 5.00 Å². The molecule has 1 aromatic carbocycles. The predicted molar refractivity (Wildman–Crippen MR) is 82.7 cm³/mol. The number of aromatic nitrogens is 1. The summed E-state index contributed by atoms with van der Waals surface area (Å²) in [5.74, 6) is -1.47. The minimum absolute atomic E-state index is 0.0413. The molecule has 0 fully saturated rings. The van der Waals surface area contributed by atoms with Gasteiger partial charge < -0.3 is 10.0 Å². The van der Waals surface area contributed by atoms with Crippen molar-refractivity contribution in [3.63, 3.8) is 0 Å². The van der Waals surface area contributed by atoms with Crippen molar-refractivity contribution in [3.8, 4) is 0 Å². The molecule has 0 radical (unpaired) electrons. The Labute approximate surface area is 130 Å². The molecular weight excluding hydrogens is 312 g/mol. The largest absolute Gasteiger partial charge is 0.478 e. The van der Waals surface area contributed by atoms with Crippen molar-refractivity contribution in [1.82, 2.24) is 4.37 Å². The molecule has 1 aromatic heterocycles. The van der Waals surface area contributed by atoms with Gasteiger partial charge in [-0.3, -0.25) is 4.79 Å². The van der Waals surface area contributed by atoms with Crippen LogP contribution < -0.4 is 4.90 Å². The van der Waals surface area contributed by atoms with Crippen molar-refractivity contribution in [2.75, 3.05) is 11.9 Å². The molecule has 5 nitrogen and oxygen atoms in total. The van der Waals surface area contributed by atoms with Gasteiger partial charge in [0.15, 0.2) is 0 Å². The lowest BCUT2D eigenvalue weighted by molar-refractivity contribution is 0.0697. The van der Waals surface area contributed by atoms with E-state index in [1.807, 2.05) is 0 Å². The number of nitrogens with zero attached hydrogens (tertiary/aromatic N) is 2. The lowest BCUT2D eigenvalue weighted by Gasteiger charge is -2.17. The molecule has 0 aliphatic carbocycles. The molecule has 0 saturated heterocycles. The Kier molecular flexibility index (Phi) is 4.29. The van der Waals surface area contributed by atoms with Crippen LogP contribution in [0.3, 0.4) is 0 Å². The van der Waals surface area contributed by atoms with E-state index in [1.54, 1.807) is 32.0 Å². The summed E-state index contributed by atoms with van der Waals surface area (Å²) in [5.41, 5.74) is 1.55. The number of halogens is 1. The maximum Gasteiger partial charge on any atom is 0.340 e. The van der Waals surface area contributed by atoms with E-state index < -0.39 is 5.97 Å². The van der Waals surface area contributed by atoms with Gasteiger partial charge in [-0.1, -0.05) is 23.7 Å². The van der Waals surface area contributed by atoms with E-state index in [-0.39, 0.29) is 11.5 Å². The maximum absolute atomic E-state index is 12.5. The maximum atomic E-state index is 12.5. The number of aromatic carboxylic acids is 1. The molecule has 1 amide bonds. The molecule has 0 saturated carbocycles. The van der Waals surface area contributed by atoms with Crippen LogP contribution >= 0.6 is 23.1 Å². The molecule has 0 spiro atoms. The van der Waals surface area contributed by atoms with Crippen molar-refractivity contribution < 1.29 is 14.7 Å². The van der Waals surface area contributed by atoms with Gasteiger partial charge in [0.25, 0.3) is 5.91 Å². The van der Waals surface area contributed by atoms with Gasteiger partial charge in [0.05, 0.1) is 16.3 Å². The van der Waals surface area contributed by atoms with Gasteiger partial charge in [-0.2, -0.15) is 4.37 Å². The average Bonchev–Trinajstić information content (AvgIpc) is 2.82. The highest BCUT2D eigenvalue weighted by atomic mass is 35.5. The number of aryl methyl sites for hydroxylation is 2. The molecule has 1 N–H and O–H groups in total. The number of anilines is 1. The van der Waals surface area contributed by atoms with E-state index in [2.05, 4.69) is 4.37 Å². The van der Waals surface area contributed by atoms with Crippen LogP contribution in [0, 0.1) is 13.8 Å². The summed E-state index contributed by atoms with van der Waals surface area (Å²) in [6, 6.07) is 5.15. The van der Waals surface area contributed by atoms with Crippen LogP contribution in [0.2, 0.25) is 5.02 Å². The standard InChI is InChI=1S/C14H13ClN2O3S/c1-7-5-4-6-9(11(7)15)12(18)17(3)13-10(14(19)20)8(2)16-21-13/h4-6H,1-3H3,(H,19,20). The minimum atomic E-state index is -1.11. The Morgan fingerprint density at radius 2 is 2.00 bits per heavy atom. The molecule has 0 unspecified atom stereocenters. The topological polar surface area (TPSA) is 70.5 Å². The van der Waals surface area contributed by atoms with E-state index >= 15 is 0 Å². The number of carbonyl (C=O) groups excluding carboxylic acids is 1. The molecule has 1 heterocycles. The quantitative estimate of drug-likeness (QED) is 0.939. The minimum Gasteiger partial charge on any atom is -0.478 e. The van der Waals surface area contributed by atoms with Crippen molar-refractivity contribution in [1.29, 1.82) is 0 Å². The second-order valence-corrected chi connectivity index (χ2v) is 5.68. The van der Waals surface area contributed by atoms with Gasteiger partial charge in [-0.15, -0.1) is 0 Å². The number of carboxylic acids is 1. The van der Waals surface area contributed by atoms with Gasteiger partial charge >= 0.3 is 5.97 Å². The number of benzene rings is 1. The van der Waals surface area contributed by atoms with Gasteiger partial charge in [-0.05, 0) is 37.0 Å². The summed E-state index contributed by atoms with van der Waals surface area (Å²) in [6.07, 6.45) is 0. The zero-order valence-corrected chi connectivity index (χ0v) is 13.2. The fourth-order valence-electron chi connectivity index (χ4n) is 1.92. The summed E-state index contributed by atoms with van der Waals surface area (Å²) < 4.78 is 4.01.